The van der Waals surface area contributed by atoms with Crippen molar-refractivity contribution in [1.29, 1.82) is 0 Å². The first-order valence-corrected chi connectivity index (χ1v) is 9.42. The number of benzene rings is 2. The summed E-state index contributed by atoms with van der Waals surface area (Å²) in [6.07, 6.45) is -3.74. The van der Waals surface area contributed by atoms with Crippen LogP contribution in [0.15, 0.2) is 54.7 Å². The molecule has 0 aliphatic heterocycles. The number of nitrogens with zero attached hydrogens (tertiary/aromatic N) is 3. The van der Waals surface area contributed by atoms with Crippen molar-refractivity contribution in [3.05, 3.63) is 65.9 Å². The number of aryl methyl sites for hydroxylation is 1. The molecule has 0 bridgehead atoms. The summed E-state index contributed by atoms with van der Waals surface area (Å²) < 4.78 is 46.0. The first kappa shape index (κ1) is 21.4. The smallest absolute Gasteiger partial charge is 0.421 e. The van der Waals surface area contributed by atoms with E-state index < -0.39 is 11.7 Å². The molecule has 0 aliphatic rings. The van der Waals surface area contributed by atoms with Crippen LogP contribution < -0.4 is 15.0 Å². The van der Waals surface area contributed by atoms with Gasteiger partial charge in [-0.15, -0.1) is 0 Å². The van der Waals surface area contributed by atoms with Crippen LogP contribution in [-0.4, -0.2) is 23.1 Å². The Labute approximate surface area is 173 Å². The lowest BCUT2D eigenvalue weighted by molar-refractivity contribution is -0.137. The van der Waals surface area contributed by atoms with Gasteiger partial charge in [0.1, 0.15) is 17.1 Å². The molecule has 0 fully saturated rings. The second-order valence-electron chi connectivity index (χ2n) is 7.14. The average Bonchev–Trinajstić information content (AvgIpc) is 2.68. The van der Waals surface area contributed by atoms with Gasteiger partial charge in [0, 0.05) is 24.6 Å². The number of alkyl halides is 3. The molecule has 8 heteroatoms. The fourth-order valence-electron chi connectivity index (χ4n) is 2.75. The van der Waals surface area contributed by atoms with Gasteiger partial charge in [0.15, 0.2) is 0 Å². The number of halogens is 3. The van der Waals surface area contributed by atoms with Gasteiger partial charge in [-0.3, -0.25) is 0 Å². The lowest BCUT2D eigenvalue weighted by Crippen LogP contribution is -2.17. The summed E-state index contributed by atoms with van der Waals surface area (Å²) in [5, 5.41) is 2.77. The summed E-state index contributed by atoms with van der Waals surface area (Å²) in [4.78, 5) is 9.70. The Balaban J connectivity index is 1.92. The molecule has 0 unspecified atom stereocenters. The van der Waals surface area contributed by atoms with Crippen molar-refractivity contribution in [2.45, 2.75) is 33.1 Å². The molecule has 0 atom stereocenters. The highest BCUT2D eigenvalue weighted by Crippen LogP contribution is 2.36. The first-order chi connectivity index (χ1) is 14.1. The second kappa shape index (κ2) is 8.61. The molecule has 30 heavy (non-hydrogen) atoms. The van der Waals surface area contributed by atoms with Crippen LogP contribution in [0.5, 0.6) is 5.75 Å². The Kier molecular flexibility index (Phi) is 6.14. The minimum atomic E-state index is -4.58. The maximum absolute atomic E-state index is 13.5. The van der Waals surface area contributed by atoms with Crippen LogP contribution in [0.1, 0.15) is 25.0 Å². The molecule has 0 amide bonds. The molecule has 3 aromatic rings. The molecular formula is C22H23F3N4O. The molecular weight excluding hydrogens is 393 g/mol. The standard InChI is InChI=1S/C22H23F3N4O/c1-14(2)30-18-11-9-17(10-12-18)29(4)21-26-13-19(22(23,24)25)20(28-21)27-16-7-5-15(3)6-8-16/h5-14H,1-4H3,(H,26,27,28). The van der Waals surface area contributed by atoms with Gasteiger partial charge in [-0.1, -0.05) is 17.7 Å². The van der Waals surface area contributed by atoms with E-state index in [9.17, 15) is 13.2 Å². The number of ether oxygens (including phenoxy) is 1. The quantitative estimate of drug-likeness (QED) is 0.526. The minimum absolute atomic E-state index is 0.0437. The topological polar surface area (TPSA) is 50.3 Å². The highest BCUT2D eigenvalue weighted by molar-refractivity contribution is 5.64. The molecule has 0 spiro atoms. The Hall–Kier alpha value is -3.29. The number of nitrogens with one attached hydrogen (secondary N) is 1. The zero-order valence-electron chi connectivity index (χ0n) is 17.2. The molecule has 0 saturated heterocycles. The fraction of sp³-hybridized carbons (Fsp3) is 0.273. The number of rotatable bonds is 6. The van der Waals surface area contributed by atoms with Crippen molar-refractivity contribution in [1.82, 2.24) is 9.97 Å². The van der Waals surface area contributed by atoms with Gasteiger partial charge in [-0.05, 0) is 57.2 Å². The molecule has 0 saturated carbocycles. The Morgan fingerprint density at radius 1 is 1.00 bits per heavy atom. The molecule has 3 rings (SSSR count). The van der Waals surface area contributed by atoms with Gasteiger partial charge >= 0.3 is 6.18 Å². The van der Waals surface area contributed by atoms with Gasteiger partial charge in [-0.25, -0.2) is 4.98 Å². The van der Waals surface area contributed by atoms with E-state index in [0.717, 1.165) is 11.8 Å². The SMILES string of the molecule is Cc1ccc(Nc2nc(N(C)c3ccc(OC(C)C)cc3)ncc2C(F)(F)F)cc1. The zero-order valence-corrected chi connectivity index (χ0v) is 17.2. The Morgan fingerprint density at radius 2 is 1.63 bits per heavy atom. The highest BCUT2D eigenvalue weighted by atomic mass is 19.4. The third kappa shape index (κ3) is 5.20. The van der Waals surface area contributed by atoms with Crippen LogP contribution in [0.4, 0.5) is 36.3 Å². The summed E-state index contributed by atoms with van der Waals surface area (Å²) >= 11 is 0. The molecule has 1 N–H and O–H groups in total. The fourth-order valence-corrected chi connectivity index (χ4v) is 2.75. The molecule has 5 nitrogen and oxygen atoms in total. The van der Waals surface area contributed by atoms with Gasteiger partial charge in [0.2, 0.25) is 5.95 Å². The van der Waals surface area contributed by atoms with Crippen LogP contribution in [0, 0.1) is 6.92 Å². The van der Waals surface area contributed by atoms with Gasteiger partial charge in [0.05, 0.1) is 6.10 Å². The summed E-state index contributed by atoms with van der Waals surface area (Å²) in [6.45, 7) is 5.76. The van der Waals surface area contributed by atoms with Crippen LogP contribution in [0.2, 0.25) is 0 Å². The lowest BCUT2D eigenvalue weighted by Gasteiger charge is -2.20. The predicted octanol–water partition coefficient (Wildman–Crippen LogP) is 6.10. The van der Waals surface area contributed by atoms with Crippen molar-refractivity contribution in [3.63, 3.8) is 0 Å². The van der Waals surface area contributed by atoms with E-state index in [2.05, 4.69) is 15.3 Å². The van der Waals surface area contributed by atoms with Crippen molar-refractivity contribution >= 4 is 23.1 Å². The maximum Gasteiger partial charge on any atom is 0.421 e. The molecule has 1 aromatic heterocycles. The largest absolute Gasteiger partial charge is 0.491 e. The van der Waals surface area contributed by atoms with Crippen molar-refractivity contribution in [2.24, 2.45) is 0 Å². The monoisotopic (exact) mass is 416 g/mol. The molecule has 0 radical (unpaired) electrons. The van der Waals surface area contributed by atoms with E-state index in [1.54, 1.807) is 48.3 Å². The number of hydrogen-bond donors (Lipinski definition) is 1. The van der Waals surface area contributed by atoms with Crippen LogP contribution in [0.3, 0.4) is 0 Å². The summed E-state index contributed by atoms with van der Waals surface area (Å²) in [5.74, 6) is 0.537. The van der Waals surface area contributed by atoms with E-state index in [1.165, 1.54) is 0 Å². The summed E-state index contributed by atoms with van der Waals surface area (Å²) in [5.41, 5.74) is 1.30. The van der Waals surface area contributed by atoms with Crippen LogP contribution >= 0.6 is 0 Å². The number of hydrogen-bond acceptors (Lipinski definition) is 5. The van der Waals surface area contributed by atoms with Crippen molar-refractivity contribution in [2.75, 3.05) is 17.3 Å². The summed E-state index contributed by atoms with van der Waals surface area (Å²) in [6, 6.07) is 14.2. The van der Waals surface area contributed by atoms with Crippen LogP contribution in [-0.2, 0) is 6.18 Å². The van der Waals surface area contributed by atoms with E-state index in [1.807, 2.05) is 32.9 Å². The van der Waals surface area contributed by atoms with E-state index in [0.29, 0.717) is 17.1 Å². The lowest BCUT2D eigenvalue weighted by atomic mass is 10.2. The second-order valence-corrected chi connectivity index (χ2v) is 7.14. The minimum Gasteiger partial charge on any atom is -0.491 e. The number of aromatic nitrogens is 2. The summed E-state index contributed by atoms with van der Waals surface area (Å²) in [7, 11) is 1.69. The van der Waals surface area contributed by atoms with Crippen LogP contribution in [0.25, 0.3) is 0 Å². The third-order valence-corrected chi connectivity index (χ3v) is 4.29. The maximum atomic E-state index is 13.5. The molecule has 1 heterocycles. The van der Waals surface area contributed by atoms with Crippen molar-refractivity contribution < 1.29 is 17.9 Å². The van der Waals surface area contributed by atoms with E-state index in [-0.39, 0.29) is 17.9 Å². The van der Waals surface area contributed by atoms with Crippen molar-refractivity contribution in [3.8, 4) is 5.75 Å². The highest BCUT2D eigenvalue weighted by Gasteiger charge is 2.35. The van der Waals surface area contributed by atoms with Gasteiger partial charge in [0.25, 0.3) is 0 Å². The molecule has 2 aromatic carbocycles. The zero-order chi connectivity index (χ0) is 21.9. The normalized spacial score (nSPS) is 11.5. The van der Waals surface area contributed by atoms with Gasteiger partial charge in [-0.2, -0.15) is 18.2 Å². The Morgan fingerprint density at radius 3 is 2.20 bits per heavy atom. The number of anilines is 4. The predicted molar refractivity (Wildman–Crippen MR) is 112 cm³/mol. The van der Waals surface area contributed by atoms with E-state index in [4.69, 9.17) is 4.74 Å². The average molecular weight is 416 g/mol. The third-order valence-electron chi connectivity index (χ3n) is 4.29. The molecule has 158 valence electrons. The van der Waals surface area contributed by atoms with E-state index >= 15 is 0 Å². The van der Waals surface area contributed by atoms with Gasteiger partial charge < -0.3 is 15.0 Å². The molecule has 0 aliphatic carbocycles. The first-order valence-electron chi connectivity index (χ1n) is 9.42. The Bertz CT molecular complexity index is 987.